The second-order valence-corrected chi connectivity index (χ2v) is 14.9. The average Bonchev–Trinajstić information content (AvgIpc) is 2.93. The molecule has 1 saturated heterocycles. The molecule has 1 amide bonds. The molecule has 0 aromatic carbocycles. The van der Waals surface area contributed by atoms with Crippen molar-refractivity contribution in [1.82, 2.24) is 5.32 Å². The first-order chi connectivity index (χ1) is 11.6. The molecule has 4 atom stereocenters. The highest BCUT2D eigenvalue weighted by Crippen LogP contribution is 2.40. The van der Waals surface area contributed by atoms with Crippen molar-refractivity contribution in [3.63, 3.8) is 0 Å². The highest BCUT2D eigenvalue weighted by atomic mass is 28.4. The molecule has 1 rings (SSSR count). The normalized spacial score (nSPS) is 22.7. The van der Waals surface area contributed by atoms with E-state index in [0.717, 1.165) is 6.42 Å². The molecular weight excluding hydrogens is 350 g/mol. The third-order valence-corrected chi connectivity index (χ3v) is 10.2. The van der Waals surface area contributed by atoms with Crippen molar-refractivity contribution in [3.05, 3.63) is 0 Å². The maximum absolute atomic E-state index is 11.5. The number of amides is 1. The van der Waals surface area contributed by atoms with Crippen LogP contribution in [0.25, 0.3) is 0 Å². The van der Waals surface area contributed by atoms with Gasteiger partial charge in [-0.1, -0.05) is 41.5 Å². The number of carbonyl (C=O) groups is 1. The van der Waals surface area contributed by atoms with Crippen molar-refractivity contribution in [3.8, 4) is 0 Å². The van der Waals surface area contributed by atoms with E-state index in [1.54, 1.807) is 0 Å². The molecule has 154 valence electrons. The van der Waals surface area contributed by atoms with Gasteiger partial charge in [0.05, 0.1) is 18.2 Å². The van der Waals surface area contributed by atoms with Crippen molar-refractivity contribution in [1.29, 1.82) is 0 Å². The van der Waals surface area contributed by atoms with Crippen molar-refractivity contribution in [2.45, 2.75) is 90.8 Å². The molecule has 1 aliphatic rings. The van der Waals surface area contributed by atoms with Gasteiger partial charge in [0.2, 0.25) is 0 Å². The molecule has 1 heterocycles. The summed E-state index contributed by atoms with van der Waals surface area (Å²) >= 11 is 0. The highest BCUT2D eigenvalue weighted by molar-refractivity contribution is 6.74. The third-order valence-electron chi connectivity index (χ3n) is 5.75. The molecular formula is C19H39NO5Si. The summed E-state index contributed by atoms with van der Waals surface area (Å²) in [7, 11) is -2.20. The molecule has 0 aromatic heterocycles. The van der Waals surface area contributed by atoms with Crippen LogP contribution in [0.5, 0.6) is 0 Å². The Bertz CT molecular complexity index is 464. The maximum Gasteiger partial charge on any atom is 0.404 e. The molecule has 1 unspecified atom stereocenters. The number of aliphatic hydroxyl groups excluding tert-OH is 1. The number of hydrogen-bond acceptors (Lipinski definition) is 4. The lowest BCUT2D eigenvalue weighted by Crippen LogP contribution is -2.58. The van der Waals surface area contributed by atoms with Gasteiger partial charge in [-0.2, -0.15) is 0 Å². The summed E-state index contributed by atoms with van der Waals surface area (Å²) in [6, 6.07) is -0.470. The van der Waals surface area contributed by atoms with Crippen molar-refractivity contribution in [2.75, 3.05) is 13.2 Å². The van der Waals surface area contributed by atoms with E-state index in [1.807, 2.05) is 20.8 Å². The molecule has 0 bridgehead atoms. The molecule has 1 aliphatic heterocycles. The topological polar surface area (TPSA) is 88.0 Å². The summed E-state index contributed by atoms with van der Waals surface area (Å²) in [5.41, 5.74) is -0.419. The number of ether oxygens (including phenoxy) is 1. The van der Waals surface area contributed by atoms with Gasteiger partial charge in [-0.15, -0.1) is 0 Å². The first-order valence-electron chi connectivity index (χ1n) is 9.58. The summed E-state index contributed by atoms with van der Waals surface area (Å²) in [4.78, 5) is 11.5. The summed E-state index contributed by atoms with van der Waals surface area (Å²) in [5.74, 6) is 0.282. The summed E-state index contributed by atoms with van der Waals surface area (Å²) in [5, 5.41) is 23.0. The van der Waals surface area contributed by atoms with Crippen molar-refractivity contribution >= 4 is 14.4 Å². The molecule has 3 N–H and O–H groups in total. The zero-order valence-electron chi connectivity index (χ0n) is 17.8. The highest BCUT2D eigenvalue weighted by Gasteiger charge is 2.46. The predicted molar refractivity (Wildman–Crippen MR) is 106 cm³/mol. The monoisotopic (exact) mass is 389 g/mol. The van der Waals surface area contributed by atoms with Gasteiger partial charge in [0.25, 0.3) is 0 Å². The van der Waals surface area contributed by atoms with Crippen LogP contribution in [0.15, 0.2) is 0 Å². The molecule has 0 radical (unpaired) electrons. The smallest absolute Gasteiger partial charge is 0.404 e. The lowest BCUT2D eigenvalue weighted by atomic mass is 9.81. The van der Waals surface area contributed by atoms with Crippen LogP contribution in [-0.2, 0) is 9.16 Å². The summed E-state index contributed by atoms with van der Waals surface area (Å²) in [6.07, 6.45) is -0.933. The van der Waals surface area contributed by atoms with E-state index in [-0.39, 0.29) is 11.0 Å². The molecule has 0 aliphatic carbocycles. The van der Waals surface area contributed by atoms with E-state index in [2.05, 4.69) is 39.2 Å². The SMILES string of the molecule is CC(C)(C)C(O)[C@@H](O[Si](C)(C)C(C)(C)C)[C@H](C[C@@H]1CCOC1)NC(=O)O. The van der Waals surface area contributed by atoms with E-state index in [0.29, 0.717) is 19.6 Å². The molecule has 7 heteroatoms. The fourth-order valence-electron chi connectivity index (χ4n) is 2.94. The Morgan fingerprint density at radius 1 is 1.27 bits per heavy atom. The Balaban J connectivity index is 3.16. The second-order valence-electron chi connectivity index (χ2n) is 10.2. The Hall–Kier alpha value is -0.633. The quantitative estimate of drug-likeness (QED) is 0.576. The number of carboxylic acid groups (broad SMARTS) is 1. The van der Waals surface area contributed by atoms with Gasteiger partial charge in [-0.25, -0.2) is 4.79 Å². The van der Waals surface area contributed by atoms with E-state index in [4.69, 9.17) is 9.16 Å². The summed E-state index contributed by atoms with van der Waals surface area (Å²) < 4.78 is 12.0. The number of rotatable bonds is 7. The molecule has 1 fully saturated rings. The maximum atomic E-state index is 11.5. The van der Waals surface area contributed by atoms with E-state index < -0.39 is 38.1 Å². The number of hydrogen-bond donors (Lipinski definition) is 3. The Morgan fingerprint density at radius 2 is 1.85 bits per heavy atom. The predicted octanol–water partition coefficient (Wildman–Crippen LogP) is 3.85. The minimum atomic E-state index is -2.20. The minimum absolute atomic E-state index is 0.0346. The Labute approximate surface area is 159 Å². The van der Waals surface area contributed by atoms with Gasteiger partial charge in [0.1, 0.15) is 0 Å². The van der Waals surface area contributed by atoms with E-state index in [9.17, 15) is 15.0 Å². The fourth-order valence-corrected chi connectivity index (χ4v) is 4.27. The average molecular weight is 390 g/mol. The Kier molecular flexibility index (Phi) is 7.73. The van der Waals surface area contributed by atoms with Crippen LogP contribution in [0.2, 0.25) is 18.1 Å². The number of nitrogens with one attached hydrogen (secondary N) is 1. The van der Waals surface area contributed by atoms with E-state index >= 15 is 0 Å². The molecule has 6 nitrogen and oxygen atoms in total. The van der Waals surface area contributed by atoms with Crippen LogP contribution >= 0.6 is 0 Å². The lowest BCUT2D eigenvalue weighted by molar-refractivity contribution is -0.0555. The lowest BCUT2D eigenvalue weighted by Gasteiger charge is -2.45. The van der Waals surface area contributed by atoms with Crippen LogP contribution in [0.3, 0.4) is 0 Å². The van der Waals surface area contributed by atoms with Crippen LogP contribution in [0.4, 0.5) is 4.79 Å². The molecule has 26 heavy (non-hydrogen) atoms. The fraction of sp³-hybridized carbons (Fsp3) is 0.947. The van der Waals surface area contributed by atoms with Crippen molar-refractivity contribution in [2.24, 2.45) is 11.3 Å². The van der Waals surface area contributed by atoms with Gasteiger partial charge >= 0.3 is 6.09 Å². The molecule has 0 saturated carbocycles. The van der Waals surface area contributed by atoms with Crippen LogP contribution in [-0.4, -0.2) is 56.1 Å². The van der Waals surface area contributed by atoms with Crippen molar-refractivity contribution < 1.29 is 24.2 Å². The van der Waals surface area contributed by atoms with Crippen LogP contribution < -0.4 is 5.32 Å². The Morgan fingerprint density at radius 3 is 2.23 bits per heavy atom. The van der Waals surface area contributed by atoms with Gasteiger partial charge in [0, 0.05) is 13.2 Å². The standard InChI is InChI=1S/C19H39NO5Si/c1-18(2,3)16(21)15(25-26(7,8)19(4,5)6)14(20-17(22)23)11-13-9-10-24-12-13/h13-16,20-21H,9-12H2,1-8H3,(H,22,23)/t13-,14-,15-,16?/m0/s1. The van der Waals surface area contributed by atoms with Gasteiger partial charge in [-0.05, 0) is 42.3 Å². The zero-order chi connectivity index (χ0) is 20.3. The largest absolute Gasteiger partial charge is 0.465 e. The first-order valence-corrected chi connectivity index (χ1v) is 12.5. The van der Waals surface area contributed by atoms with Gasteiger partial charge in [-0.3, -0.25) is 0 Å². The first kappa shape index (κ1) is 23.4. The van der Waals surface area contributed by atoms with Gasteiger partial charge in [0.15, 0.2) is 8.32 Å². The van der Waals surface area contributed by atoms with E-state index in [1.165, 1.54) is 0 Å². The van der Waals surface area contributed by atoms with Crippen LogP contribution in [0, 0.1) is 11.3 Å². The molecule has 0 aromatic rings. The van der Waals surface area contributed by atoms with Gasteiger partial charge < -0.3 is 24.7 Å². The second kappa shape index (κ2) is 8.58. The molecule has 0 spiro atoms. The number of aliphatic hydroxyl groups is 1. The zero-order valence-corrected chi connectivity index (χ0v) is 18.8. The van der Waals surface area contributed by atoms with Crippen LogP contribution in [0.1, 0.15) is 54.4 Å². The summed E-state index contributed by atoms with van der Waals surface area (Å²) in [6.45, 7) is 17.9. The minimum Gasteiger partial charge on any atom is -0.465 e. The third kappa shape index (κ3) is 6.51.